The summed E-state index contributed by atoms with van der Waals surface area (Å²) in [7, 11) is 1.64. The molecule has 0 fully saturated rings. The highest BCUT2D eigenvalue weighted by Gasteiger charge is 1.99. The lowest BCUT2D eigenvalue weighted by atomic mass is 10.6. The fourth-order valence-corrected chi connectivity index (χ4v) is 4.24. The van der Waals surface area contributed by atoms with Gasteiger partial charge in [-0.05, 0) is 0 Å². The Kier molecular flexibility index (Phi) is 57.0. The first kappa shape index (κ1) is 61.5. The number of methoxy groups -OCH3 is 1. The normalized spacial score (nSPS) is 11.5. The third-order valence-electron chi connectivity index (χ3n) is 7.39. The van der Waals surface area contributed by atoms with Crippen molar-refractivity contribution in [3.63, 3.8) is 0 Å². The van der Waals surface area contributed by atoms with Crippen LogP contribution < -0.4 is 0 Å². The smallest absolute Gasteiger partial charge is 0.330 e. The fraction of sp³-hybridized carbons (Fsp3) is 0.929. The maximum Gasteiger partial charge on any atom is 0.330 e. The van der Waals surface area contributed by atoms with Crippen molar-refractivity contribution >= 4 is 5.97 Å². The Morgan fingerprint density at radius 1 is 0.254 bits per heavy atom. The molecule has 0 aromatic heterocycles. The van der Waals surface area contributed by atoms with Crippen LogP contribution in [-0.4, -0.2) is 264 Å². The van der Waals surface area contributed by atoms with E-state index in [1.165, 1.54) is 0 Å². The van der Waals surface area contributed by atoms with Crippen molar-refractivity contribution in [2.24, 2.45) is 0 Å². The zero-order valence-corrected chi connectivity index (χ0v) is 38.2. The summed E-state index contributed by atoms with van der Waals surface area (Å²) in [4.78, 5) is 10.9. The van der Waals surface area contributed by atoms with Gasteiger partial charge in [0.25, 0.3) is 0 Å². The summed E-state index contributed by atoms with van der Waals surface area (Å²) >= 11 is 0. The minimum atomic E-state index is -0.463. The van der Waals surface area contributed by atoms with E-state index >= 15 is 0 Å². The molecule has 63 heavy (non-hydrogen) atoms. The van der Waals surface area contributed by atoms with Gasteiger partial charge in [-0.3, -0.25) is 0 Å². The van der Waals surface area contributed by atoms with Crippen molar-refractivity contribution < 1.29 is 99.5 Å². The van der Waals surface area contributed by atoms with E-state index in [1.807, 2.05) is 0 Å². The first-order valence-electron chi connectivity index (χ1n) is 22.0. The van der Waals surface area contributed by atoms with Crippen LogP contribution in [0.4, 0.5) is 0 Å². The third-order valence-corrected chi connectivity index (χ3v) is 7.39. The van der Waals surface area contributed by atoms with Crippen LogP contribution in [0.25, 0.3) is 0 Å². The summed E-state index contributed by atoms with van der Waals surface area (Å²) in [6, 6.07) is 0. The van der Waals surface area contributed by atoms with Gasteiger partial charge >= 0.3 is 5.97 Å². The molecule has 0 unspecified atom stereocenters. The lowest BCUT2D eigenvalue weighted by Gasteiger charge is -2.09. The summed E-state index contributed by atoms with van der Waals surface area (Å²) < 4.78 is 108. The first-order chi connectivity index (χ1) is 31.3. The van der Waals surface area contributed by atoms with E-state index in [0.717, 1.165) is 6.08 Å². The van der Waals surface area contributed by atoms with Crippen molar-refractivity contribution in [3.8, 4) is 0 Å². The molecular formula is C42H82O21. The van der Waals surface area contributed by atoms with Gasteiger partial charge in [-0.1, -0.05) is 6.58 Å². The van der Waals surface area contributed by atoms with Gasteiger partial charge in [-0.15, -0.1) is 0 Å². The van der Waals surface area contributed by atoms with Crippen molar-refractivity contribution in [3.05, 3.63) is 12.7 Å². The lowest BCUT2D eigenvalue weighted by Crippen LogP contribution is -2.16. The molecule has 0 aliphatic carbocycles. The molecule has 0 aromatic rings. The molecule has 21 nitrogen and oxygen atoms in total. The molecule has 0 heterocycles. The van der Waals surface area contributed by atoms with E-state index in [4.69, 9.17) is 94.7 Å². The van der Waals surface area contributed by atoms with Crippen LogP contribution in [0.3, 0.4) is 0 Å². The van der Waals surface area contributed by atoms with E-state index in [-0.39, 0.29) is 6.61 Å². The zero-order chi connectivity index (χ0) is 45.3. The van der Waals surface area contributed by atoms with Crippen molar-refractivity contribution in [2.45, 2.75) is 0 Å². The lowest BCUT2D eigenvalue weighted by molar-refractivity contribution is -0.139. The van der Waals surface area contributed by atoms with Crippen molar-refractivity contribution in [1.82, 2.24) is 0 Å². The molecule has 0 aromatic carbocycles. The van der Waals surface area contributed by atoms with E-state index in [2.05, 4.69) is 6.58 Å². The standard InChI is InChI=1S/C42H82O21/c1-3-42(43)63-41-40-62-39-38-61-37-36-60-35-34-59-33-32-58-31-30-57-29-28-56-27-26-55-25-24-54-23-22-53-21-20-52-19-18-51-17-16-50-15-14-49-13-12-48-11-10-47-9-8-46-7-6-45-5-4-44-2/h3H,1,4-41H2,2H3. The molecule has 0 saturated heterocycles. The summed E-state index contributed by atoms with van der Waals surface area (Å²) in [6.45, 7) is 21.7. The first-order valence-corrected chi connectivity index (χ1v) is 22.0. The Morgan fingerprint density at radius 2 is 0.381 bits per heavy atom. The molecule has 0 N–H and O–H groups in total. The SMILES string of the molecule is C=CC(=O)OCCOCCOCCOCCOCCOCCOCCOCCOCCOCCOCCOCCOCCOCCOCCOCCOCCOCCOCCOC. The molecule has 0 aliphatic rings. The van der Waals surface area contributed by atoms with Crippen LogP contribution in [0.2, 0.25) is 0 Å². The highest BCUT2D eigenvalue weighted by Crippen LogP contribution is 1.90. The molecule has 0 atom stereocenters. The van der Waals surface area contributed by atoms with E-state index in [1.54, 1.807) is 7.11 Å². The second-order valence-corrected chi connectivity index (χ2v) is 12.4. The largest absolute Gasteiger partial charge is 0.460 e. The maximum atomic E-state index is 10.9. The number of hydrogen-bond acceptors (Lipinski definition) is 21. The quantitative estimate of drug-likeness (QED) is 0.0468. The molecule has 0 radical (unpaired) electrons. The van der Waals surface area contributed by atoms with E-state index in [9.17, 15) is 4.79 Å². The summed E-state index contributed by atoms with van der Waals surface area (Å²) in [6.07, 6.45) is 1.11. The van der Waals surface area contributed by atoms with Gasteiger partial charge in [0.05, 0.1) is 244 Å². The van der Waals surface area contributed by atoms with Gasteiger partial charge in [0.15, 0.2) is 0 Å². The van der Waals surface area contributed by atoms with E-state index < -0.39 is 5.97 Å². The van der Waals surface area contributed by atoms with Crippen LogP contribution in [0.15, 0.2) is 12.7 Å². The van der Waals surface area contributed by atoms with Gasteiger partial charge in [0.1, 0.15) is 6.61 Å². The minimum Gasteiger partial charge on any atom is -0.460 e. The minimum absolute atomic E-state index is 0.192. The Morgan fingerprint density at radius 3 is 0.508 bits per heavy atom. The number of hydrogen-bond donors (Lipinski definition) is 0. The number of ether oxygens (including phenoxy) is 20. The molecular weight excluding hydrogens is 840 g/mol. The third kappa shape index (κ3) is 58.4. The molecule has 0 rings (SSSR count). The number of esters is 1. The second kappa shape index (κ2) is 58.5. The second-order valence-electron chi connectivity index (χ2n) is 12.4. The average Bonchev–Trinajstić information content (AvgIpc) is 3.30. The van der Waals surface area contributed by atoms with Crippen LogP contribution in [0, 0.1) is 0 Å². The Labute approximate surface area is 375 Å². The molecule has 0 aliphatic heterocycles. The molecule has 0 amide bonds. The van der Waals surface area contributed by atoms with Crippen LogP contribution in [0.1, 0.15) is 0 Å². The summed E-state index contributed by atoms with van der Waals surface area (Å²) in [5.41, 5.74) is 0. The molecule has 0 saturated carbocycles. The number of rotatable bonds is 58. The Balaban J connectivity index is 3.07. The molecule has 0 spiro atoms. The number of carbonyl (C=O) groups is 1. The summed E-state index contributed by atoms with van der Waals surface area (Å²) in [5, 5.41) is 0. The number of carbonyl (C=O) groups excluding carboxylic acids is 1. The highest BCUT2D eigenvalue weighted by atomic mass is 16.6. The average molecular weight is 923 g/mol. The molecule has 21 heteroatoms. The molecule has 0 bridgehead atoms. The summed E-state index contributed by atoms with van der Waals surface area (Å²) in [5.74, 6) is -0.463. The highest BCUT2D eigenvalue weighted by molar-refractivity contribution is 5.81. The van der Waals surface area contributed by atoms with Gasteiger partial charge in [0.2, 0.25) is 0 Å². The van der Waals surface area contributed by atoms with Gasteiger partial charge in [0, 0.05) is 13.2 Å². The Bertz CT molecular complexity index is 865. The van der Waals surface area contributed by atoms with Crippen LogP contribution in [0.5, 0.6) is 0 Å². The topological polar surface area (TPSA) is 202 Å². The van der Waals surface area contributed by atoms with Gasteiger partial charge in [-0.2, -0.15) is 0 Å². The zero-order valence-electron chi connectivity index (χ0n) is 38.2. The van der Waals surface area contributed by atoms with E-state index in [0.29, 0.717) is 244 Å². The monoisotopic (exact) mass is 923 g/mol. The van der Waals surface area contributed by atoms with Crippen molar-refractivity contribution in [2.75, 3.05) is 258 Å². The van der Waals surface area contributed by atoms with Gasteiger partial charge < -0.3 is 94.7 Å². The van der Waals surface area contributed by atoms with Crippen LogP contribution >= 0.6 is 0 Å². The van der Waals surface area contributed by atoms with Crippen molar-refractivity contribution in [1.29, 1.82) is 0 Å². The predicted octanol–water partition coefficient (Wildman–Crippen LogP) is 0.661. The van der Waals surface area contributed by atoms with Crippen LogP contribution in [-0.2, 0) is 99.5 Å². The maximum absolute atomic E-state index is 10.9. The predicted molar refractivity (Wildman–Crippen MR) is 228 cm³/mol. The molecule has 376 valence electrons. The fourth-order valence-electron chi connectivity index (χ4n) is 4.24. The van der Waals surface area contributed by atoms with Gasteiger partial charge in [-0.25, -0.2) is 4.79 Å². The Hall–Kier alpha value is -1.55.